The molecule has 26 heavy (non-hydrogen) atoms. The van der Waals surface area contributed by atoms with Crippen LogP contribution in [0, 0.1) is 0 Å². The van der Waals surface area contributed by atoms with E-state index in [0.29, 0.717) is 36.8 Å². The van der Waals surface area contributed by atoms with Crippen LogP contribution in [0.4, 0.5) is 11.6 Å². The molecule has 132 valence electrons. The summed E-state index contributed by atoms with van der Waals surface area (Å²) in [5, 5.41) is 10.4. The third kappa shape index (κ3) is 2.69. The summed E-state index contributed by atoms with van der Waals surface area (Å²) >= 11 is 0. The van der Waals surface area contributed by atoms with E-state index in [1.54, 1.807) is 11.7 Å². The van der Waals surface area contributed by atoms with Crippen LogP contribution in [0.25, 0.3) is 0 Å². The molecule has 1 aromatic heterocycles. The summed E-state index contributed by atoms with van der Waals surface area (Å²) in [7, 11) is 1.61. The lowest BCUT2D eigenvalue weighted by molar-refractivity contribution is 0.415. The molecule has 0 spiro atoms. The highest BCUT2D eigenvalue weighted by Gasteiger charge is 2.28. The van der Waals surface area contributed by atoms with Crippen molar-refractivity contribution in [3.63, 3.8) is 0 Å². The molecule has 0 bridgehead atoms. The molecule has 6 heteroatoms. The average molecular weight is 349 g/mol. The minimum absolute atomic E-state index is 0.200. The van der Waals surface area contributed by atoms with Crippen LogP contribution < -0.4 is 15.2 Å². The Labute approximate surface area is 150 Å². The zero-order chi connectivity index (χ0) is 18.1. The number of aromatic hydroxyl groups is 1. The molecule has 0 unspecified atom stereocenters. The van der Waals surface area contributed by atoms with Crippen LogP contribution in [-0.2, 0) is 13.0 Å². The molecule has 1 aliphatic rings. The number of hydrogen-bond donors (Lipinski definition) is 1. The van der Waals surface area contributed by atoms with Gasteiger partial charge in [0, 0.05) is 19.5 Å². The molecule has 4 rings (SSSR count). The molecule has 2 heterocycles. The predicted octanol–water partition coefficient (Wildman–Crippen LogP) is 2.70. The Bertz CT molecular complexity index is 999. The fourth-order valence-electron chi connectivity index (χ4n) is 3.32. The second kappa shape index (κ2) is 6.55. The molecule has 1 N–H and O–H groups in total. The van der Waals surface area contributed by atoms with Crippen LogP contribution >= 0.6 is 0 Å². The van der Waals surface area contributed by atoms with E-state index in [-0.39, 0.29) is 11.4 Å². The Hall–Kier alpha value is -3.28. The van der Waals surface area contributed by atoms with E-state index in [9.17, 15) is 9.90 Å². The fourth-order valence-corrected chi connectivity index (χ4v) is 3.32. The molecule has 0 saturated carbocycles. The van der Waals surface area contributed by atoms with Gasteiger partial charge in [0.15, 0.2) is 0 Å². The predicted molar refractivity (Wildman–Crippen MR) is 99.4 cm³/mol. The monoisotopic (exact) mass is 349 g/mol. The summed E-state index contributed by atoms with van der Waals surface area (Å²) < 4.78 is 7.03. The summed E-state index contributed by atoms with van der Waals surface area (Å²) in [4.78, 5) is 19.2. The lowest BCUT2D eigenvalue weighted by Crippen LogP contribution is -2.24. The molecule has 0 amide bonds. The first-order valence-corrected chi connectivity index (χ1v) is 8.46. The van der Waals surface area contributed by atoms with Gasteiger partial charge in [0.05, 0.1) is 18.4 Å². The van der Waals surface area contributed by atoms with E-state index in [2.05, 4.69) is 4.98 Å². The molecule has 0 fully saturated rings. The quantitative estimate of drug-likeness (QED) is 0.784. The maximum Gasteiger partial charge on any atom is 0.262 e. The van der Waals surface area contributed by atoms with Crippen LogP contribution in [0.5, 0.6) is 11.6 Å². The number of ether oxygens (including phenoxy) is 1. The van der Waals surface area contributed by atoms with Gasteiger partial charge in [-0.2, -0.15) is 4.98 Å². The summed E-state index contributed by atoms with van der Waals surface area (Å²) in [6.45, 7) is 1.11. The van der Waals surface area contributed by atoms with Crippen molar-refractivity contribution < 1.29 is 9.84 Å². The van der Waals surface area contributed by atoms with Crippen molar-refractivity contribution in [3.05, 3.63) is 76.1 Å². The second-order valence-electron chi connectivity index (χ2n) is 6.16. The van der Waals surface area contributed by atoms with Gasteiger partial charge < -0.3 is 14.7 Å². The number of hydrogen-bond acceptors (Lipinski definition) is 5. The Balaban J connectivity index is 1.77. The van der Waals surface area contributed by atoms with Gasteiger partial charge in [-0.25, -0.2) is 0 Å². The van der Waals surface area contributed by atoms with Crippen molar-refractivity contribution in [2.24, 2.45) is 0 Å². The number of aromatic nitrogens is 2. The van der Waals surface area contributed by atoms with Gasteiger partial charge in [-0.1, -0.05) is 42.5 Å². The van der Waals surface area contributed by atoms with Crippen LogP contribution in [0.1, 0.15) is 11.1 Å². The normalized spacial score (nSPS) is 12.9. The van der Waals surface area contributed by atoms with E-state index >= 15 is 0 Å². The summed E-state index contributed by atoms with van der Waals surface area (Å²) in [5.41, 5.74) is 1.90. The first-order chi connectivity index (χ1) is 12.7. The van der Waals surface area contributed by atoms with Gasteiger partial charge in [-0.15, -0.1) is 0 Å². The molecule has 2 aromatic carbocycles. The minimum Gasteiger partial charge on any atom is -0.495 e. The molecular weight excluding hydrogens is 330 g/mol. The van der Waals surface area contributed by atoms with E-state index in [1.165, 1.54) is 0 Å². The van der Waals surface area contributed by atoms with Crippen molar-refractivity contribution in [2.75, 3.05) is 18.6 Å². The highest BCUT2D eigenvalue weighted by atomic mass is 16.5. The maximum absolute atomic E-state index is 12.9. The third-order valence-electron chi connectivity index (χ3n) is 4.61. The molecule has 1 aliphatic heterocycles. The van der Waals surface area contributed by atoms with Crippen LogP contribution in [0.2, 0.25) is 0 Å². The number of para-hydroxylation sites is 2. The SMILES string of the molecule is COc1ccccc1N1CCn2c1nc(O)c(Cc1ccccc1)c2=O. The number of nitrogens with zero attached hydrogens (tertiary/aromatic N) is 3. The van der Waals surface area contributed by atoms with Gasteiger partial charge in [-0.05, 0) is 17.7 Å². The molecule has 3 aromatic rings. The smallest absolute Gasteiger partial charge is 0.262 e. The number of methoxy groups -OCH3 is 1. The Morgan fingerprint density at radius 1 is 1.08 bits per heavy atom. The first-order valence-electron chi connectivity index (χ1n) is 8.46. The largest absolute Gasteiger partial charge is 0.495 e. The van der Waals surface area contributed by atoms with E-state index < -0.39 is 0 Å². The van der Waals surface area contributed by atoms with E-state index in [0.717, 1.165) is 11.3 Å². The number of benzene rings is 2. The summed E-state index contributed by atoms with van der Waals surface area (Å²) in [6, 6.07) is 17.2. The summed E-state index contributed by atoms with van der Waals surface area (Å²) in [5.74, 6) is 0.920. The Kier molecular flexibility index (Phi) is 4.08. The molecular formula is C20H19N3O3. The van der Waals surface area contributed by atoms with E-state index in [4.69, 9.17) is 4.74 Å². The van der Waals surface area contributed by atoms with Crippen molar-refractivity contribution in [2.45, 2.75) is 13.0 Å². The molecule has 0 saturated heterocycles. The van der Waals surface area contributed by atoms with Gasteiger partial charge in [0.1, 0.15) is 5.75 Å². The number of fused-ring (bicyclic) bond motifs is 1. The lowest BCUT2D eigenvalue weighted by atomic mass is 10.1. The zero-order valence-electron chi connectivity index (χ0n) is 14.4. The van der Waals surface area contributed by atoms with Gasteiger partial charge in [-0.3, -0.25) is 9.36 Å². The number of rotatable bonds is 4. The standard InChI is InChI=1S/C20H19N3O3/c1-26-17-10-6-5-9-16(17)22-11-12-23-19(25)15(18(24)21-20(22)23)13-14-7-3-2-4-8-14/h2-10,24H,11-13H2,1H3. The molecule has 0 aliphatic carbocycles. The van der Waals surface area contributed by atoms with Crippen molar-refractivity contribution >= 4 is 11.6 Å². The summed E-state index contributed by atoms with van der Waals surface area (Å²) in [6.07, 6.45) is 0.355. The van der Waals surface area contributed by atoms with Crippen molar-refractivity contribution in [3.8, 4) is 11.6 Å². The lowest BCUT2D eigenvalue weighted by Gasteiger charge is -2.20. The highest BCUT2D eigenvalue weighted by Crippen LogP contribution is 2.35. The zero-order valence-corrected chi connectivity index (χ0v) is 14.4. The van der Waals surface area contributed by atoms with E-state index in [1.807, 2.05) is 59.5 Å². The third-order valence-corrected chi connectivity index (χ3v) is 4.61. The number of anilines is 2. The van der Waals surface area contributed by atoms with Crippen LogP contribution in [-0.4, -0.2) is 28.3 Å². The van der Waals surface area contributed by atoms with Crippen LogP contribution in [0.3, 0.4) is 0 Å². The van der Waals surface area contributed by atoms with Gasteiger partial charge >= 0.3 is 0 Å². The van der Waals surface area contributed by atoms with Crippen molar-refractivity contribution in [1.82, 2.24) is 9.55 Å². The highest BCUT2D eigenvalue weighted by molar-refractivity contribution is 5.67. The van der Waals surface area contributed by atoms with Gasteiger partial charge in [0.25, 0.3) is 5.56 Å². The fraction of sp³-hybridized carbons (Fsp3) is 0.200. The van der Waals surface area contributed by atoms with Gasteiger partial charge in [0.2, 0.25) is 11.8 Å². The minimum atomic E-state index is -0.216. The molecule has 0 atom stereocenters. The Morgan fingerprint density at radius 3 is 2.58 bits per heavy atom. The first kappa shape index (κ1) is 16.2. The van der Waals surface area contributed by atoms with Crippen LogP contribution in [0.15, 0.2) is 59.4 Å². The van der Waals surface area contributed by atoms with Crippen molar-refractivity contribution in [1.29, 1.82) is 0 Å². The average Bonchev–Trinajstić information content (AvgIpc) is 3.09. The maximum atomic E-state index is 12.9. The molecule has 0 radical (unpaired) electrons. The molecule has 6 nitrogen and oxygen atoms in total. The Morgan fingerprint density at radius 2 is 1.81 bits per heavy atom. The topological polar surface area (TPSA) is 67.6 Å². The second-order valence-corrected chi connectivity index (χ2v) is 6.16.